The fourth-order valence-corrected chi connectivity index (χ4v) is 2.91. The van der Waals surface area contributed by atoms with Gasteiger partial charge in [0.15, 0.2) is 0 Å². The number of carbonyl (C=O) groups excluding carboxylic acids is 1. The van der Waals surface area contributed by atoms with Gasteiger partial charge in [-0.05, 0) is 36.1 Å². The first kappa shape index (κ1) is 14.6. The normalized spacial score (nSPS) is 16.5. The van der Waals surface area contributed by atoms with Crippen LogP contribution in [0, 0.1) is 6.92 Å². The fraction of sp³-hybridized carbons (Fsp3) is 0.316. The molecule has 1 aliphatic rings. The van der Waals surface area contributed by atoms with E-state index in [1.165, 1.54) is 5.56 Å². The van der Waals surface area contributed by atoms with Crippen LogP contribution in [0.15, 0.2) is 48.5 Å². The number of fused-ring (bicyclic) bond motifs is 1. The van der Waals surface area contributed by atoms with Crippen LogP contribution in [0.2, 0.25) is 0 Å². The van der Waals surface area contributed by atoms with Crippen LogP contribution in [0.1, 0.15) is 29.0 Å². The van der Waals surface area contributed by atoms with Gasteiger partial charge < -0.3 is 10.1 Å². The third-order valence-corrected chi connectivity index (χ3v) is 4.24. The smallest absolute Gasteiger partial charge is 0.224 e. The van der Waals surface area contributed by atoms with Crippen LogP contribution in [-0.2, 0) is 11.2 Å². The fourth-order valence-electron chi connectivity index (χ4n) is 2.91. The maximum absolute atomic E-state index is 12.2. The molecule has 0 saturated carbocycles. The summed E-state index contributed by atoms with van der Waals surface area (Å²) in [5.41, 5.74) is 3.45. The molecule has 1 aliphatic heterocycles. The molecule has 0 fully saturated rings. The molecule has 1 atom stereocenters. The average molecular weight is 295 g/mol. The summed E-state index contributed by atoms with van der Waals surface area (Å²) in [7, 11) is 0. The summed E-state index contributed by atoms with van der Waals surface area (Å²) in [6.45, 7) is 3.43. The van der Waals surface area contributed by atoms with Gasteiger partial charge in [-0.15, -0.1) is 0 Å². The average Bonchev–Trinajstić information content (AvgIpc) is 2.55. The van der Waals surface area contributed by atoms with Crippen LogP contribution in [0.25, 0.3) is 0 Å². The number of hydrogen-bond acceptors (Lipinski definition) is 2. The van der Waals surface area contributed by atoms with E-state index in [1.54, 1.807) is 0 Å². The van der Waals surface area contributed by atoms with Crippen molar-refractivity contribution in [1.82, 2.24) is 5.32 Å². The van der Waals surface area contributed by atoms with Crippen molar-refractivity contribution < 1.29 is 9.53 Å². The molecule has 0 spiro atoms. The number of aryl methyl sites for hydroxylation is 1. The van der Waals surface area contributed by atoms with E-state index in [4.69, 9.17) is 4.74 Å². The second kappa shape index (κ2) is 6.65. The molecule has 1 amide bonds. The van der Waals surface area contributed by atoms with Gasteiger partial charge in [0.2, 0.25) is 5.91 Å². The first-order valence-electron chi connectivity index (χ1n) is 7.77. The predicted octanol–water partition coefficient (Wildman–Crippen LogP) is 3.22. The highest BCUT2D eigenvalue weighted by Gasteiger charge is 2.21. The van der Waals surface area contributed by atoms with Crippen LogP contribution >= 0.6 is 0 Å². The number of benzene rings is 2. The van der Waals surface area contributed by atoms with Gasteiger partial charge in [0, 0.05) is 12.5 Å². The maximum Gasteiger partial charge on any atom is 0.224 e. The number of carbonyl (C=O) groups is 1. The Morgan fingerprint density at radius 2 is 1.95 bits per heavy atom. The van der Waals surface area contributed by atoms with E-state index in [0.717, 1.165) is 29.9 Å². The molecule has 114 valence electrons. The van der Waals surface area contributed by atoms with E-state index in [2.05, 4.69) is 11.4 Å². The van der Waals surface area contributed by atoms with E-state index in [-0.39, 0.29) is 5.91 Å². The Balaban J connectivity index is 1.59. The van der Waals surface area contributed by atoms with Gasteiger partial charge in [-0.2, -0.15) is 0 Å². The summed E-state index contributed by atoms with van der Waals surface area (Å²) in [4.78, 5) is 12.2. The topological polar surface area (TPSA) is 38.3 Å². The second-order valence-electron chi connectivity index (χ2n) is 5.78. The molecular weight excluding hydrogens is 274 g/mol. The van der Waals surface area contributed by atoms with E-state index in [1.807, 2.05) is 49.4 Å². The van der Waals surface area contributed by atoms with Crippen molar-refractivity contribution in [3.63, 3.8) is 0 Å². The van der Waals surface area contributed by atoms with E-state index in [9.17, 15) is 4.79 Å². The van der Waals surface area contributed by atoms with Crippen molar-refractivity contribution in [3.8, 4) is 5.75 Å². The van der Waals surface area contributed by atoms with Gasteiger partial charge in [-0.25, -0.2) is 0 Å². The molecule has 2 aromatic carbocycles. The molecule has 1 unspecified atom stereocenters. The molecule has 0 aromatic heterocycles. The number of para-hydroxylation sites is 1. The summed E-state index contributed by atoms with van der Waals surface area (Å²) >= 11 is 0. The Bertz CT molecular complexity index is 666. The van der Waals surface area contributed by atoms with Crippen molar-refractivity contribution in [3.05, 3.63) is 65.2 Å². The molecule has 2 aromatic rings. The minimum atomic E-state index is 0.0817. The molecule has 1 heterocycles. The molecule has 1 N–H and O–H groups in total. The maximum atomic E-state index is 12.2. The standard InChI is InChI=1S/C19H21NO2/c1-14-6-2-3-7-15(14)12-19(21)20-13-16-10-11-22-18-9-5-4-8-17(16)18/h2-9,16H,10-13H2,1H3,(H,20,21). The summed E-state index contributed by atoms with van der Waals surface area (Å²) in [5, 5.41) is 3.07. The van der Waals surface area contributed by atoms with E-state index < -0.39 is 0 Å². The van der Waals surface area contributed by atoms with Crippen molar-refractivity contribution >= 4 is 5.91 Å². The SMILES string of the molecule is Cc1ccccc1CC(=O)NCC1CCOc2ccccc21. The van der Waals surface area contributed by atoms with Gasteiger partial charge in [0.25, 0.3) is 0 Å². The minimum Gasteiger partial charge on any atom is -0.493 e. The molecule has 3 heteroatoms. The summed E-state index contributed by atoms with van der Waals surface area (Å²) in [5.74, 6) is 1.37. The zero-order chi connectivity index (χ0) is 15.4. The Morgan fingerprint density at radius 1 is 1.18 bits per heavy atom. The Kier molecular flexibility index (Phi) is 4.42. The number of ether oxygens (including phenoxy) is 1. The highest BCUT2D eigenvalue weighted by molar-refractivity contribution is 5.79. The third kappa shape index (κ3) is 3.30. The predicted molar refractivity (Wildman–Crippen MR) is 87.2 cm³/mol. The molecule has 0 bridgehead atoms. The summed E-state index contributed by atoms with van der Waals surface area (Å²) in [6.07, 6.45) is 1.39. The van der Waals surface area contributed by atoms with Crippen LogP contribution in [0.4, 0.5) is 0 Å². The summed E-state index contributed by atoms with van der Waals surface area (Å²) < 4.78 is 5.66. The molecule has 3 nitrogen and oxygen atoms in total. The van der Waals surface area contributed by atoms with Crippen LogP contribution in [0.3, 0.4) is 0 Å². The highest BCUT2D eigenvalue weighted by atomic mass is 16.5. The number of amides is 1. The highest BCUT2D eigenvalue weighted by Crippen LogP contribution is 2.32. The van der Waals surface area contributed by atoms with Crippen LogP contribution in [-0.4, -0.2) is 19.1 Å². The lowest BCUT2D eigenvalue weighted by atomic mass is 9.93. The Morgan fingerprint density at radius 3 is 2.82 bits per heavy atom. The molecule has 3 rings (SSSR count). The number of nitrogens with one attached hydrogen (secondary N) is 1. The zero-order valence-electron chi connectivity index (χ0n) is 12.8. The van der Waals surface area contributed by atoms with E-state index >= 15 is 0 Å². The largest absolute Gasteiger partial charge is 0.493 e. The molecule has 0 saturated heterocycles. The second-order valence-corrected chi connectivity index (χ2v) is 5.78. The minimum absolute atomic E-state index is 0.0817. The van der Waals surface area contributed by atoms with E-state index in [0.29, 0.717) is 18.9 Å². The first-order valence-corrected chi connectivity index (χ1v) is 7.77. The molecule has 22 heavy (non-hydrogen) atoms. The molecule has 0 radical (unpaired) electrons. The number of hydrogen-bond donors (Lipinski definition) is 1. The monoisotopic (exact) mass is 295 g/mol. The Hall–Kier alpha value is -2.29. The van der Waals surface area contributed by atoms with Crippen molar-refractivity contribution in [2.45, 2.75) is 25.7 Å². The van der Waals surface area contributed by atoms with Crippen molar-refractivity contribution in [2.75, 3.05) is 13.2 Å². The lowest BCUT2D eigenvalue weighted by Gasteiger charge is -2.26. The number of rotatable bonds is 4. The summed E-state index contributed by atoms with van der Waals surface area (Å²) in [6, 6.07) is 16.1. The zero-order valence-corrected chi connectivity index (χ0v) is 12.8. The van der Waals surface area contributed by atoms with Gasteiger partial charge in [0.05, 0.1) is 13.0 Å². The Labute approximate surface area is 131 Å². The lowest BCUT2D eigenvalue weighted by Crippen LogP contribution is -2.31. The van der Waals surface area contributed by atoms with Gasteiger partial charge in [-0.1, -0.05) is 42.5 Å². The van der Waals surface area contributed by atoms with Gasteiger partial charge in [-0.3, -0.25) is 4.79 Å². The lowest BCUT2D eigenvalue weighted by molar-refractivity contribution is -0.120. The van der Waals surface area contributed by atoms with Gasteiger partial charge in [0.1, 0.15) is 5.75 Å². The third-order valence-electron chi connectivity index (χ3n) is 4.24. The van der Waals surface area contributed by atoms with Crippen LogP contribution in [0.5, 0.6) is 5.75 Å². The molecule has 0 aliphatic carbocycles. The quantitative estimate of drug-likeness (QED) is 0.940. The molecular formula is C19H21NO2. The first-order chi connectivity index (χ1) is 10.7. The van der Waals surface area contributed by atoms with Crippen molar-refractivity contribution in [1.29, 1.82) is 0 Å². The van der Waals surface area contributed by atoms with Gasteiger partial charge >= 0.3 is 0 Å². The van der Waals surface area contributed by atoms with Crippen molar-refractivity contribution in [2.24, 2.45) is 0 Å². The van der Waals surface area contributed by atoms with Crippen LogP contribution < -0.4 is 10.1 Å².